The summed E-state index contributed by atoms with van der Waals surface area (Å²) in [4.78, 5) is 0. The van der Waals surface area contributed by atoms with Gasteiger partial charge in [0, 0.05) is 16.8 Å². The summed E-state index contributed by atoms with van der Waals surface area (Å²) < 4.78 is 14.5. The normalized spacial score (nSPS) is 34.4. The van der Waals surface area contributed by atoms with Crippen LogP contribution in [-0.4, -0.2) is 17.4 Å². The third kappa shape index (κ3) is 2.38. The lowest BCUT2D eigenvalue weighted by atomic mass is 9.70. The van der Waals surface area contributed by atoms with Gasteiger partial charge in [-0.05, 0) is 36.0 Å². The van der Waals surface area contributed by atoms with Crippen LogP contribution in [-0.2, 0) is 4.57 Å². The molecule has 0 heterocycles. The summed E-state index contributed by atoms with van der Waals surface area (Å²) in [6.07, 6.45) is 3.42. The van der Waals surface area contributed by atoms with E-state index in [0.717, 1.165) is 29.9 Å². The number of aliphatic hydroxyl groups excluding tert-OH is 1. The molecule has 3 heteroatoms. The Morgan fingerprint density at radius 3 is 1.92 bits per heavy atom. The molecular weight excluding hydrogens is 327 g/mol. The van der Waals surface area contributed by atoms with E-state index in [4.69, 9.17) is 0 Å². The summed E-state index contributed by atoms with van der Waals surface area (Å²) >= 11 is 0. The van der Waals surface area contributed by atoms with Gasteiger partial charge in [-0.3, -0.25) is 0 Å². The number of hydrogen-bond donors (Lipinski definition) is 1. The standard InChI is InChI=1S/C22H27O2P/c1-21-14-13-17(15-20(21)23)22(21,2)16-25(24,18-9-5-3-6-10-18)19-11-7-4-8-12-19/h3-12,17,20,23H,13-16H2,1-2H3/t17-,20-,21+,22-/m1/s1. The molecule has 25 heavy (non-hydrogen) atoms. The maximum atomic E-state index is 14.5. The fourth-order valence-electron chi connectivity index (χ4n) is 5.44. The largest absolute Gasteiger partial charge is 0.393 e. The molecule has 0 saturated heterocycles. The van der Waals surface area contributed by atoms with Crippen molar-refractivity contribution in [2.24, 2.45) is 16.7 Å². The minimum atomic E-state index is -2.75. The van der Waals surface area contributed by atoms with Crippen LogP contribution in [0.1, 0.15) is 33.1 Å². The monoisotopic (exact) mass is 354 g/mol. The van der Waals surface area contributed by atoms with Crippen molar-refractivity contribution in [2.45, 2.75) is 39.2 Å². The summed E-state index contributed by atoms with van der Waals surface area (Å²) in [5, 5.41) is 12.5. The fraction of sp³-hybridized carbons (Fsp3) is 0.455. The minimum Gasteiger partial charge on any atom is -0.393 e. The van der Waals surface area contributed by atoms with Gasteiger partial charge in [0.25, 0.3) is 0 Å². The average Bonchev–Trinajstić information content (AvgIpc) is 2.98. The van der Waals surface area contributed by atoms with E-state index in [1.54, 1.807) is 0 Å². The van der Waals surface area contributed by atoms with Crippen molar-refractivity contribution in [1.29, 1.82) is 0 Å². The van der Waals surface area contributed by atoms with Crippen LogP contribution in [0.3, 0.4) is 0 Å². The molecule has 1 N–H and O–H groups in total. The Bertz CT molecular complexity index is 760. The Morgan fingerprint density at radius 1 is 1.00 bits per heavy atom. The molecule has 0 amide bonds. The van der Waals surface area contributed by atoms with Gasteiger partial charge >= 0.3 is 0 Å². The van der Waals surface area contributed by atoms with Crippen LogP contribution in [0.5, 0.6) is 0 Å². The van der Waals surface area contributed by atoms with Crippen molar-refractivity contribution in [3.63, 3.8) is 0 Å². The predicted octanol–water partition coefficient (Wildman–Crippen LogP) is 4.19. The maximum Gasteiger partial charge on any atom is 0.143 e. The van der Waals surface area contributed by atoms with E-state index in [-0.39, 0.29) is 16.9 Å². The lowest BCUT2D eigenvalue weighted by Crippen LogP contribution is -2.41. The highest BCUT2D eigenvalue weighted by atomic mass is 31.2. The number of fused-ring (bicyclic) bond motifs is 2. The van der Waals surface area contributed by atoms with Crippen LogP contribution in [0.15, 0.2) is 60.7 Å². The molecule has 0 radical (unpaired) electrons. The van der Waals surface area contributed by atoms with E-state index in [1.807, 2.05) is 60.7 Å². The second kappa shape index (κ2) is 5.83. The molecule has 2 aliphatic carbocycles. The van der Waals surface area contributed by atoms with E-state index in [0.29, 0.717) is 12.1 Å². The first-order valence-electron chi connectivity index (χ1n) is 9.28. The van der Waals surface area contributed by atoms with Crippen LogP contribution in [0.4, 0.5) is 0 Å². The maximum absolute atomic E-state index is 14.5. The summed E-state index contributed by atoms with van der Waals surface area (Å²) in [5.74, 6) is 0.466. The van der Waals surface area contributed by atoms with E-state index >= 15 is 0 Å². The van der Waals surface area contributed by atoms with Gasteiger partial charge < -0.3 is 9.67 Å². The van der Waals surface area contributed by atoms with Gasteiger partial charge in [-0.25, -0.2) is 0 Å². The molecule has 0 aromatic heterocycles. The zero-order chi connectivity index (χ0) is 17.7. The Hall–Kier alpha value is -1.37. The van der Waals surface area contributed by atoms with Crippen LogP contribution in [0.25, 0.3) is 0 Å². The third-order valence-electron chi connectivity index (χ3n) is 7.36. The molecule has 0 unspecified atom stereocenters. The summed E-state index contributed by atoms with van der Waals surface area (Å²) in [6.45, 7) is 4.49. The van der Waals surface area contributed by atoms with Crippen molar-refractivity contribution < 1.29 is 9.67 Å². The molecule has 2 aliphatic rings. The minimum absolute atomic E-state index is 0.0897. The van der Waals surface area contributed by atoms with Crippen LogP contribution in [0.2, 0.25) is 0 Å². The van der Waals surface area contributed by atoms with Gasteiger partial charge in [0.15, 0.2) is 0 Å². The first-order valence-corrected chi connectivity index (χ1v) is 11.2. The van der Waals surface area contributed by atoms with Gasteiger partial charge in [0.2, 0.25) is 0 Å². The molecule has 132 valence electrons. The van der Waals surface area contributed by atoms with E-state index in [1.165, 1.54) is 0 Å². The molecule has 2 aromatic rings. The lowest BCUT2D eigenvalue weighted by Gasteiger charge is -2.42. The number of aliphatic hydroxyl groups is 1. The van der Waals surface area contributed by atoms with Crippen molar-refractivity contribution in [3.8, 4) is 0 Å². The van der Waals surface area contributed by atoms with Crippen LogP contribution >= 0.6 is 7.14 Å². The smallest absolute Gasteiger partial charge is 0.143 e. The number of benzene rings is 2. The van der Waals surface area contributed by atoms with Gasteiger partial charge in [0.05, 0.1) is 6.10 Å². The van der Waals surface area contributed by atoms with Crippen molar-refractivity contribution >= 4 is 17.8 Å². The highest BCUT2D eigenvalue weighted by molar-refractivity contribution is 7.78. The molecule has 4 rings (SSSR count). The summed E-state index contributed by atoms with van der Waals surface area (Å²) in [7, 11) is -2.75. The van der Waals surface area contributed by atoms with Crippen molar-refractivity contribution in [2.75, 3.05) is 6.16 Å². The number of hydrogen-bond acceptors (Lipinski definition) is 2. The highest BCUT2D eigenvalue weighted by Gasteiger charge is 2.64. The molecule has 0 spiro atoms. The Labute approximate surface area is 150 Å². The lowest BCUT2D eigenvalue weighted by molar-refractivity contribution is 0.0138. The topological polar surface area (TPSA) is 37.3 Å². The molecule has 4 atom stereocenters. The zero-order valence-corrected chi connectivity index (χ0v) is 16.0. The van der Waals surface area contributed by atoms with Gasteiger partial charge in [-0.15, -0.1) is 0 Å². The highest BCUT2D eigenvalue weighted by Crippen LogP contribution is 2.69. The van der Waals surface area contributed by atoms with Crippen LogP contribution < -0.4 is 10.6 Å². The quantitative estimate of drug-likeness (QED) is 0.836. The second-order valence-corrected chi connectivity index (χ2v) is 11.2. The summed E-state index contributed by atoms with van der Waals surface area (Å²) in [6, 6.07) is 19.9. The molecule has 0 aliphatic heterocycles. The average molecular weight is 354 g/mol. The first kappa shape index (κ1) is 17.1. The molecule has 2 fully saturated rings. The Kier molecular flexibility index (Phi) is 3.98. The SMILES string of the molecule is C[C@]12CC[C@H](C[C@H]1O)[C@@]2(C)CP(=O)(c1ccccc1)c1ccccc1. The molecule has 2 saturated carbocycles. The van der Waals surface area contributed by atoms with Gasteiger partial charge in [-0.2, -0.15) is 0 Å². The van der Waals surface area contributed by atoms with Gasteiger partial charge in [-0.1, -0.05) is 74.5 Å². The molecule has 2 nitrogen and oxygen atoms in total. The summed E-state index contributed by atoms with van der Waals surface area (Å²) in [5.41, 5.74) is -0.218. The van der Waals surface area contributed by atoms with Crippen molar-refractivity contribution in [3.05, 3.63) is 60.7 Å². The first-order chi connectivity index (χ1) is 11.9. The van der Waals surface area contributed by atoms with Gasteiger partial charge in [0.1, 0.15) is 7.14 Å². The van der Waals surface area contributed by atoms with Crippen LogP contribution in [0, 0.1) is 16.7 Å². The van der Waals surface area contributed by atoms with Crippen molar-refractivity contribution in [1.82, 2.24) is 0 Å². The predicted molar refractivity (Wildman–Crippen MR) is 104 cm³/mol. The Balaban J connectivity index is 1.83. The van der Waals surface area contributed by atoms with E-state index in [2.05, 4.69) is 13.8 Å². The molecule has 2 bridgehead atoms. The zero-order valence-electron chi connectivity index (χ0n) is 15.1. The fourth-order valence-corrected chi connectivity index (χ4v) is 8.96. The third-order valence-corrected chi connectivity index (χ3v) is 10.7. The van der Waals surface area contributed by atoms with E-state index < -0.39 is 7.14 Å². The molecular formula is C22H27O2P. The second-order valence-electron chi connectivity index (χ2n) is 8.39. The number of rotatable bonds is 4. The Morgan fingerprint density at radius 2 is 1.52 bits per heavy atom. The molecule has 2 aromatic carbocycles. The van der Waals surface area contributed by atoms with E-state index in [9.17, 15) is 9.67 Å².